The van der Waals surface area contributed by atoms with Gasteiger partial charge in [-0.3, -0.25) is 15.6 Å². The first-order valence-corrected chi connectivity index (χ1v) is 7.78. The zero-order valence-electron chi connectivity index (χ0n) is 13.0. The van der Waals surface area contributed by atoms with Crippen LogP contribution in [0.4, 0.5) is 11.4 Å². The van der Waals surface area contributed by atoms with E-state index in [0.29, 0.717) is 0 Å². The van der Waals surface area contributed by atoms with Crippen LogP contribution >= 0.6 is 0 Å². The van der Waals surface area contributed by atoms with Crippen LogP contribution in [-0.2, 0) is 6.54 Å². The lowest BCUT2D eigenvalue weighted by Gasteiger charge is -2.36. The highest BCUT2D eigenvalue weighted by molar-refractivity contribution is 5.53. The fourth-order valence-corrected chi connectivity index (χ4v) is 3.01. The van der Waals surface area contributed by atoms with Crippen LogP contribution in [0.2, 0.25) is 0 Å². The van der Waals surface area contributed by atoms with Crippen molar-refractivity contribution in [3.63, 3.8) is 0 Å². The maximum atomic E-state index is 8.84. The minimum Gasteiger partial charge on any atom is -0.369 e. The fraction of sp³-hybridized carbons (Fsp3) is 0.333. The van der Waals surface area contributed by atoms with E-state index in [2.05, 4.69) is 58.6 Å². The molecule has 0 bridgehead atoms. The molecular weight excluding hydrogens is 274 g/mol. The van der Waals surface area contributed by atoms with Gasteiger partial charge in [0.25, 0.3) is 0 Å². The van der Waals surface area contributed by atoms with Crippen molar-refractivity contribution in [3.8, 4) is 0 Å². The van der Waals surface area contributed by atoms with Crippen LogP contribution in [0.5, 0.6) is 0 Å². The molecule has 4 nitrogen and oxygen atoms in total. The van der Waals surface area contributed by atoms with Gasteiger partial charge in [-0.25, -0.2) is 0 Å². The molecule has 3 rings (SSSR count). The average Bonchev–Trinajstić information content (AvgIpc) is 2.57. The van der Waals surface area contributed by atoms with Crippen molar-refractivity contribution in [2.45, 2.75) is 13.5 Å². The van der Waals surface area contributed by atoms with Crippen molar-refractivity contribution < 1.29 is 5.21 Å². The second-order valence-corrected chi connectivity index (χ2v) is 5.86. The first kappa shape index (κ1) is 14.9. The number of hydrogen-bond acceptors (Lipinski definition) is 4. The smallest absolute Gasteiger partial charge is 0.0602 e. The Morgan fingerprint density at radius 3 is 2.27 bits per heavy atom. The zero-order valence-corrected chi connectivity index (χ0v) is 13.0. The highest BCUT2D eigenvalue weighted by Crippen LogP contribution is 2.21. The Morgan fingerprint density at radius 1 is 0.955 bits per heavy atom. The number of piperazine rings is 1. The molecule has 0 amide bonds. The molecule has 1 saturated heterocycles. The molecule has 22 heavy (non-hydrogen) atoms. The number of nitrogens with one attached hydrogen (secondary N) is 1. The molecule has 4 heteroatoms. The van der Waals surface area contributed by atoms with E-state index in [0.717, 1.165) is 38.4 Å². The van der Waals surface area contributed by atoms with E-state index >= 15 is 0 Å². The first-order valence-electron chi connectivity index (χ1n) is 7.78. The summed E-state index contributed by atoms with van der Waals surface area (Å²) in [5.74, 6) is 0. The third-order valence-corrected chi connectivity index (χ3v) is 4.32. The van der Waals surface area contributed by atoms with Gasteiger partial charge in [-0.05, 0) is 36.2 Å². The van der Waals surface area contributed by atoms with E-state index in [1.165, 1.54) is 16.8 Å². The SMILES string of the molecule is Cc1ccccc1N1CCN(Cc2ccc(NO)cc2)CC1. The van der Waals surface area contributed by atoms with Crippen LogP contribution in [-0.4, -0.2) is 36.3 Å². The Balaban J connectivity index is 1.56. The standard InChI is InChI=1S/C18H23N3O/c1-15-4-2-3-5-18(15)21-12-10-20(11-13-21)14-16-6-8-17(19-22)9-7-16/h2-9,19,22H,10-14H2,1H3. The molecule has 1 aliphatic rings. The zero-order chi connectivity index (χ0) is 15.4. The van der Waals surface area contributed by atoms with Gasteiger partial charge in [0.2, 0.25) is 0 Å². The van der Waals surface area contributed by atoms with Crippen molar-refractivity contribution in [3.05, 3.63) is 59.7 Å². The number of hydrogen-bond donors (Lipinski definition) is 2. The summed E-state index contributed by atoms with van der Waals surface area (Å²) in [6, 6.07) is 16.5. The predicted molar refractivity (Wildman–Crippen MR) is 90.5 cm³/mol. The van der Waals surface area contributed by atoms with Crippen LogP contribution < -0.4 is 10.4 Å². The van der Waals surface area contributed by atoms with Gasteiger partial charge in [-0.1, -0.05) is 30.3 Å². The van der Waals surface area contributed by atoms with Crippen LogP contribution in [0.3, 0.4) is 0 Å². The van der Waals surface area contributed by atoms with Crippen LogP contribution in [0.1, 0.15) is 11.1 Å². The van der Waals surface area contributed by atoms with E-state index < -0.39 is 0 Å². The van der Waals surface area contributed by atoms with Gasteiger partial charge < -0.3 is 4.90 Å². The third kappa shape index (κ3) is 3.40. The molecule has 1 aliphatic heterocycles. The van der Waals surface area contributed by atoms with E-state index in [1.807, 2.05) is 12.1 Å². The quantitative estimate of drug-likeness (QED) is 0.851. The summed E-state index contributed by atoms with van der Waals surface area (Å²) < 4.78 is 0. The molecule has 0 radical (unpaired) electrons. The molecule has 0 aromatic heterocycles. The maximum absolute atomic E-state index is 8.84. The Hall–Kier alpha value is -2.04. The summed E-state index contributed by atoms with van der Waals surface area (Å²) in [6.07, 6.45) is 0. The van der Waals surface area contributed by atoms with Crippen LogP contribution in [0.25, 0.3) is 0 Å². The highest BCUT2D eigenvalue weighted by atomic mass is 16.5. The highest BCUT2D eigenvalue weighted by Gasteiger charge is 2.18. The van der Waals surface area contributed by atoms with E-state index in [1.54, 1.807) is 0 Å². The van der Waals surface area contributed by atoms with E-state index in [4.69, 9.17) is 5.21 Å². The monoisotopic (exact) mass is 297 g/mol. The predicted octanol–water partition coefficient (Wildman–Crippen LogP) is 3.12. The number of para-hydroxylation sites is 1. The molecule has 0 atom stereocenters. The minimum atomic E-state index is 0.730. The number of aryl methyl sites for hydroxylation is 1. The van der Waals surface area contributed by atoms with Gasteiger partial charge in [-0.2, -0.15) is 0 Å². The largest absolute Gasteiger partial charge is 0.369 e. The van der Waals surface area contributed by atoms with Gasteiger partial charge in [0.15, 0.2) is 0 Å². The summed E-state index contributed by atoms with van der Waals surface area (Å²) in [5, 5.41) is 8.84. The second kappa shape index (κ2) is 6.81. The first-order chi connectivity index (χ1) is 10.8. The summed E-state index contributed by atoms with van der Waals surface area (Å²) in [4.78, 5) is 4.96. The van der Waals surface area contributed by atoms with Crippen molar-refractivity contribution >= 4 is 11.4 Å². The van der Waals surface area contributed by atoms with E-state index in [9.17, 15) is 0 Å². The van der Waals surface area contributed by atoms with Crippen molar-refractivity contribution in [2.24, 2.45) is 0 Å². The molecule has 116 valence electrons. The Bertz CT molecular complexity index is 604. The molecule has 0 saturated carbocycles. The van der Waals surface area contributed by atoms with Gasteiger partial charge >= 0.3 is 0 Å². The van der Waals surface area contributed by atoms with Crippen LogP contribution in [0, 0.1) is 6.92 Å². The lowest BCUT2D eigenvalue weighted by atomic mass is 10.1. The summed E-state index contributed by atoms with van der Waals surface area (Å²) in [6.45, 7) is 7.44. The normalized spacial score (nSPS) is 15.8. The molecule has 0 spiro atoms. The minimum absolute atomic E-state index is 0.730. The van der Waals surface area contributed by atoms with Crippen molar-refractivity contribution in [2.75, 3.05) is 36.6 Å². The fourth-order valence-electron chi connectivity index (χ4n) is 3.01. The number of rotatable bonds is 4. The molecule has 2 N–H and O–H groups in total. The molecule has 1 fully saturated rings. The molecule has 1 heterocycles. The third-order valence-electron chi connectivity index (χ3n) is 4.32. The summed E-state index contributed by atoms with van der Waals surface area (Å²) in [5.41, 5.74) is 6.89. The van der Waals surface area contributed by atoms with Gasteiger partial charge in [-0.15, -0.1) is 0 Å². The number of anilines is 2. The lowest BCUT2D eigenvalue weighted by Crippen LogP contribution is -2.46. The van der Waals surface area contributed by atoms with Gasteiger partial charge in [0.05, 0.1) is 5.69 Å². The Morgan fingerprint density at radius 2 is 1.64 bits per heavy atom. The Kier molecular flexibility index (Phi) is 4.61. The van der Waals surface area contributed by atoms with Gasteiger partial charge in [0.1, 0.15) is 0 Å². The topological polar surface area (TPSA) is 38.7 Å². The lowest BCUT2D eigenvalue weighted by molar-refractivity contribution is 0.250. The molecular formula is C18H23N3O. The number of benzene rings is 2. The maximum Gasteiger partial charge on any atom is 0.0602 e. The Labute approximate surface area is 131 Å². The molecule has 2 aromatic carbocycles. The van der Waals surface area contributed by atoms with Crippen molar-refractivity contribution in [1.29, 1.82) is 0 Å². The molecule has 0 unspecified atom stereocenters. The molecule has 2 aromatic rings. The number of nitrogens with zero attached hydrogens (tertiary/aromatic N) is 2. The molecule has 0 aliphatic carbocycles. The summed E-state index contributed by atoms with van der Waals surface area (Å²) >= 11 is 0. The second-order valence-electron chi connectivity index (χ2n) is 5.86. The summed E-state index contributed by atoms with van der Waals surface area (Å²) in [7, 11) is 0. The van der Waals surface area contributed by atoms with Crippen LogP contribution in [0.15, 0.2) is 48.5 Å². The van der Waals surface area contributed by atoms with E-state index in [-0.39, 0.29) is 0 Å². The van der Waals surface area contributed by atoms with Gasteiger partial charge in [0, 0.05) is 38.4 Å². The average molecular weight is 297 g/mol. The van der Waals surface area contributed by atoms with Crippen molar-refractivity contribution in [1.82, 2.24) is 4.90 Å².